The number of fused-ring (bicyclic) bond motifs is 5. The van der Waals surface area contributed by atoms with Crippen LogP contribution in [0, 0.1) is 30.1 Å². The van der Waals surface area contributed by atoms with Crippen LogP contribution in [-0.4, -0.2) is 0 Å². The molecule has 0 heterocycles. The predicted molar refractivity (Wildman–Crippen MR) is 41.2 cm³/mol. The van der Waals surface area contributed by atoms with Crippen LogP contribution in [0.5, 0.6) is 0 Å². The molecule has 1 fully saturated rings. The van der Waals surface area contributed by atoms with Crippen LogP contribution in [0.4, 0.5) is 0 Å². The molecule has 0 aromatic rings. The molecule has 3 rings (SSSR count). The van der Waals surface area contributed by atoms with Crippen LogP contribution in [0.15, 0.2) is 24.3 Å². The smallest absolute Gasteiger partial charge is 0 e. The fourth-order valence-electron chi connectivity index (χ4n) is 2.76. The Bertz CT molecular complexity index is 217. The maximum Gasteiger partial charge on any atom is 0 e. The second-order valence-electron chi connectivity index (χ2n) is 3.68. The Balaban J connectivity index is 0.000000480. The van der Waals surface area contributed by atoms with E-state index in [1.165, 1.54) is 6.42 Å². The van der Waals surface area contributed by atoms with Crippen molar-refractivity contribution in [3.05, 3.63) is 30.7 Å². The second-order valence-corrected chi connectivity index (χ2v) is 3.68. The van der Waals surface area contributed by atoms with Gasteiger partial charge in [0.15, 0.2) is 0 Å². The molecule has 2 bridgehead atoms. The van der Waals surface area contributed by atoms with Gasteiger partial charge < -0.3 is 0 Å². The van der Waals surface area contributed by atoms with E-state index >= 15 is 0 Å². The monoisotopic (exact) mass is 187 g/mol. The van der Waals surface area contributed by atoms with E-state index in [2.05, 4.69) is 30.7 Å². The van der Waals surface area contributed by atoms with E-state index in [9.17, 15) is 0 Å². The first-order valence-corrected chi connectivity index (χ1v) is 4.15. The summed E-state index contributed by atoms with van der Waals surface area (Å²) >= 11 is 0. The molecule has 4 unspecified atom stereocenters. The van der Waals surface area contributed by atoms with E-state index in [0.29, 0.717) is 0 Å². The van der Waals surface area contributed by atoms with E-state index < -0.39 is 0 Å². The largest absolute Gasteiger partial charge is 0.231 e. The fraction of sp³-hybridized carbons (Fsp3) is 0.500. The molecule has 0 aromatic heterocycles. The Morgan fingerprint density at radius 2 is 1.91 bits per heavy atom. The molecular weight excluding hydrogens is 176 g/mol. The summed E-state index contributed by atoms with van der Waals surface area (Å²) in [5.74, 6) is 3.56. The minimum atomic E-state index is 0. The fourth-order valence-corrected chi connectivity index (χ4v) is 2.76. The van der Waals surface area contributed by atoms with Crippen LogP contribution in [0.25, 0.3) is 0 Å². The van der Waals surface area contributed by atoms with E-state index in [0.717, 1.165) is 23.7 Å². The molecule has 0 aromatic carbocycles. The zero-order valence-corrected chi connectivity index (χ0v) is 7.36. The quantitative estimate of drug-likeness (QED) is 0.310. The molecular formula is C10H11Fe-. The van der Waals surface area contributed by atoms with Crippen LogP contribution >= 0.6 is 0 Å². The van der Waals surface area contributed by atoms with Gasteiger partial charge in [-0.25, -0.2) is 18.6 Å². The van der Waals surface area contributed by atoms with Crippen molar-refractivity contribution in [2.75, 3.05) is 0 Å². The van der Waals surface area contributed by atoms with Gasteiger partial charge >= 0.3 is 0 Å². The third-order valence-electron chi connectivity index (χ3n) is 3.25. The molecule has 11 heavy (non-hydrogen) atoms. The maximum absolute atomic E-state index is 2.41. The van der Waals surface area contributed by atoms with Crippen LogP contribution in [-0.2, 0) is 17.1 Å². The first-order chi connectivity index (χ1) is 4.95. The molecule has 0 saturated heterocycles. The third kappa shape index (κ3) is 0.847. The van der Waals surface area contributed by atoms with Crippen LogP contribution < -0.4 is 0 Å². The number of rotatable bonds is 0. The Kier molecular flexibility index (Phi) is 1.66. The van der Waals surface area contributed by atoms with Gasteiger partial charge in [0, 0.05) is 17.1 Å². The maximum atomic E-state index is 2.41. The number of hydrogen-bond donors (Lipinski definition) is 0. The summed E-state index contributed by atoms with van der Waals surface area (Å²) in [6, 6.07) is 0. The molecule has 1 heteroatoms. The van der Waals surface area contributed by atoms with Gasteiger partial charge in [0.25, 0.3) is 0 Å². The average molecular weight is 187 g/mol. The molecule has 4 atom stereocenters. The average Bonchev–Trinajstić information content (AvgIpc) is 2.60. The normalized spacial score (nSPS) is 48.7. The zero-order chi connectivity index (χ0) is 6.55. The summed E-state index contributed by atoms with van der Waals surface area (Å²) in [6.07, 6.45) is 13.3. The summed E-state index contributed by atoms with van der Waals surface area (Å²) in [7, 11) is 0. The standard InChI is InChI=1S/C10H11.Fe/c1-2-9-7-4-5-8(6-7)10(9)3-1;/h1-5,7-10H,6H2;/q-1;. The summed E-state index contributed by atoms with van der Waals surface area (Å²) in [5, 5.41) is 0. The molecule has 60 valence electrons. The topological polar surface area (TPSA) is 0 Å². The molecule has 0 nitrogen and oxygen atoms in total. The van der Waals surface area contributed by atoms with Crippen molar-refractivity contribution in [2.45, 2.75) is 6.42 Å². The van der Waals surface area contributed by atoms with E-state index in [-0.39, 0.29) is 17.1 Å². The van der Waals surface area contributed by atoms with Crippen molar-refractivity contribution in [2.24, 2.45) is 23.7 Å². The molecule has 0 radical (unpaired) electrons. The minimum Gasteiger partial charge on any atom is -0.231 e. The predicted octanol–water partition coefficient (Wildman–Crippen LogP) is 2.20. The Morgan fingerprint density at radius 3 is 2.73 bits per heavy atom. The first kappa shape index (κ1) is 7.52. The number of hydrogen-bond acceptors (Lipinski definition) is 0. The van der Waals surface area contributed by atoms with Crippen LogP contribution in [0.3, 0.4) is 0 Å². The van der Waals surface area contributed by atoms with Crippen LogP contribution in [0.2, 0.25) is 0 Å². The van der Waals surface area contributed by atoms with Gasteiger partial charge in [0.1, 0.15) is 0 Å². The van der Waals surface area contributed by atoms with E-state index in [1.54, 1.807) is 0 Å². The van der Waals surface area contributed by atoms with Gasteiger partial charge in [-0.05, 0) is 18.3 Å². The van der Waals surface area contributed by atoms with Crippen molar-refractivity contribution in [3.8, 4) is 0 Å². The van der Waals surface area contributed by atoms with Crippen LogP contribution in [0.1, 0.15) is 6.42 Å². The van der Waals surface area contributed by atoms with Crippen molar-refractivity contribution in [1.82, 2.24) is 0 Å². The van der Waals surface area contributed by atoms with Crippen molar-refractivity contribution >= 4 is 0 Å². The van der Waals surface area contributed by atoms with E-state index in [4.69, 9.17) is 0 Å². The van der Waals surface area contributed by atoms with Gasteiger partial charge in [-0.2, -0.15) is 0 Å². The van der Waals surface area contributed by atoms with Crippen molar-refractivity contribution in [3.63, 3.8) is 0 Å². The summed E-state index contributed by atoms with van der Waals surface area (Å²) in [5.41, 5.74) is 0. The summed E-state index contributed by atoms with van der Waals surface area (Å²) < 4.78 is 0. The Hall–Kier alpha value is -0.131. The molecule has 0 N–H and O–H groups in total. The van der Waals surface area contributed by atoms with Gasteiger partial charge in [0.05, 0.1) is 0 Å². The Labute approximate surface area is 78.2 Å². The zero-order valence-electron chi connectivity index (χ0n) is 6.26. The molecule has 0 aliphatic heterocycles. The Morgan fingerprint density at radius 1 is 1.09 bits per heavy atom. The second kappa shape index (κ2) is 2.43. The minimum absolute atomic E-state index is 0. The summed E-state index contributed by atoms with van der Waals surface area (Å²) in [6.45, 7) is 0. The van der Waals surface area contributed by atoms with Gasteiger partial charge in [0.2, 0.25) is 0 Å². The number of allylic oxidation sites excluding steroid dienone is 4. The van der Waals surface area contributed by atoms with Gasteiger partial charge in [-0.1, -0.05) is 24.0 Å². The molecule has 3 aliphatic rings. The van der Waals surface area contributed by atoms with Crippen molar-refractivity contribution in [1.29, 1.82) is 0 Å². The third-order valence-corrected chi connectivity index (χ3v) is 3.25. The first-order valence-electron chi connectivity index (χ1n) is 4.15. The molecule has 0 spiro atoms. The molecule has 3 aliphatic carbocycles. The molecule has 0 amide bonds. The van der Waals surface area contributed by atoms with Crippen molar-refractivity contribution < 1.29 is 17.1 Å². The van der Waals surface area contributed by atoms with E-state index in [1.807, 2.05) is 0 Å². The SMILES string of the molecule is C1=CC2C3C=CC(C3)C2[CH-]1.[Fe]. The summed E-state index contributed by atoms with van der Waals surface area (Å²) in [4.78, 5) is 0. The molecule has 1 saturated carbocycles. The van der Waals surface area contributed by atoms with Gasteiger partial charge in [-0.15, -0.1) is 0 Å². The van der Waals surface area contributed by atoms with Gasteiger partial charge in [-0.3, -0.25) is 0 Å².